The summed E-state index contributed by atoms with van der Waals surface area (Å²) in [6.45, 7) is 0. The number of benzene rings is 1. The van der Waals surface area contributed by atoms with Gasteiger partial charge in [-0.3, -0.25) is 9.67 Å². The molecule has 0 bridgehead atoms. The van der Waals surface area contributed by atoms with E-state index in [1.165, 1.54) is 0 Å². The van der Waals surface area contributed by atoms with Gasteiger partial charge in [0.25, 0.3) is 0 Å². The van der Waals surface area contributed by atoms with E-state index in [0.29, 0.717) is 11.5 Å². The number of nitrogens with two attached hydrogens (primary N) is 1. The molecular formula is C13H13N5. The van der Waals surface area contributed by atoms with E-state index in [4.69, 9.17) is 5.73 Å². The summed E-state index contributed by atoms with van der Waals surface area (Å²) in [5, 5.41) is 8.53. The highest BCUT2D eigenvalue weighted by atomic mass is 15.3. The van der Waals surface area contributed by atoms with Gasteiger partial charge in [-0.25, -0.2) is 0 Å². The van der Waals surface area contributed by atoms with E-state index in [1.807, 2.05) is 37.4 Å². The van der Waals surface area contributed by atoms with E-state index >= 15 is 0 Å². The number of nitrogens with one attached hydrogen (secondary N) is 1. The molecule has 0 aliphatic carbocycles. The van der Waals surface area contributed by atoms with Crippen LogP contribution in [-0.2, 0) is 7.05 Å². The molecule has 5 heteroatoms. The van der Waals surface area contributed by atoms with Crippen LogP contribution in [-0.4, -0.2) is 14.8 Å². The Hall–Kier alpha value is -2.56. The summed E-state index contributed by atoms with van der Waals surface area (Å²) < 4.78 is 1.68. The molecule has 2 heterocycles. The predicted molar refractivity (Wildman–Crippen MR) is 72.6 cm³/mol. The highest BCUT2D eigenvalue weighted by Gasteiger charge is 2.04. The summed E-state index contributed by atoms with van der Waals surface area (Å²) in [6.07, 6.45) is 3.55. The fourth-order valence-corrected chi connectivity index (χ4v) is 1.89. The Balaban J connectivity index is 1.97. The molecule has 0 atom stereocenters. The zero-order chi connectivity index (χ0) is 12.5. The Morgan fingerprint density at radius 3 is 2.94 bits per heavy atom. The first-order valence-electron chi connectivity index (χ1n) is 5.63. The number of hydrogen-bond acceptors (Lipinski definition) is 4. The molecule has 0 fully saturated rings. The third kappa shape index (κ3) is 1.86. The molecule has 0 aliphatic heterocycles. The van der Waals surface area contributed by atoms with Crippen LogP contribution >= 0.6 is 0 Å². The number of nitrogens with zero attached hydrogens (tertiary/aromatic N) is 3. The molecule has 18 heavy (non-hydrogen) atoms. The largest absolute Gasteiger partial charge is 0.394 e. The third-order valence-corrected chi connectivity index (χ3v) is 2.72. The van der Waals surface area contributed by atoms with Gasteiger partial charge < -0.3 is 11.1 Å². The van der Waals surface area contributed by atoms with Gasteiger partial charge >= 0.3 is 0 Å². The van der Waals surface area contributed by atoms with Crippen LogP contribution in [0.2, 0.25) is 0 Å². The van der Waals surface area contributed by atoms with Crippen molar-refractivity contribution in [1.82, 2.24) is 14.8 Å². The lowest BCUT2D eigenvalue weighted by molar-refractivity contribution is 0.771. The molecule has 3 rings (SSSR count). The summed E-state index contributed by atoms with van der Waals surface area (Å²) in [5.41, 5.74) is 8.39. The summed E-state index contributed by atoms with van der Waals surface area (Å²) >= 11 is 0. The molecule has 0 saturated heterocycles. The van der Waals surface area contributed by atoms with Crippen LogP contribution in [0.4, 0.5) is 17.2 Å². The highest BCUT2D eigenvalue weighted by molar-refractivity contribution is 5.83. The van der Waals surface area contributed by atoms with Gasteiger partial charge in [0.15, 0.2) is 5.82 Å². The molecule has 3 aromatic rings. The van der Waals surface area contributed by atoms with Gasteiger partial charge in [-0.15, -0.1) is 0 Å². The van der Waals surface area contributed by atoms with Crippen LogP contribution in [0, 0.1) is 0 Å². The van der Waals surface area contributed by atoms with E-state index in [1.54, 1.807) is 17.1 Å². The minimum atomic E-state index is 0.629. The molecule has 2 aromatic heterocycles. The first-order valence-corrected chi connectivity index (χ1v) is 5.63. The maximum Gasteiger partial charge on any atom is 0.175 e. The number of fused-ring (bicyclic) bond motifs is 1. The van der Waals surface area contributed by atoms with Gasteiger partial charge in [0.05, 0.1) is 11.2 Å². The minimum absolute atomic E-state index is 0.629. The smallest absolute Gasteiger partial charge is 0.175 e. The molecule has 1 aromatic carbocycles. The van der Waals surface area contributed by atoms with Crippen molar-refractivity contribution < 1.29 is 0 Å². The molecule has 0 amide bonds. The normalized spacial score (nSPS) is 10.7. The van der Waals surface area contributed by atoms with Gasteiger partial charge in [0.2, 0.25) is 0 Å². The summed E-state index contributed by atoms with van der Waals surface area (Å²) in [7, 11) is 1.84. The minimum Gasteiger partial charge on any atom is -0.394 e. The first-order chi connectivity index (χ1) is 8.72. The monoisotopic (exact) mass is 239 g/mol. The van der Waals surface area contributed by atoms with Crippen molar-refractivity contribution in [2.45, 2.75) is 0 Å². The Kier molecular flexibility index (Phi) is 2.37. The fraction of sp³-hybridized carbons (Fsp3) is 0.0769. The average Bonchev–Trinajstić information content (AvgIpc) is 2.68. The Morgan fingerprint density at radius 2 is 2.17 bits per heavy atom. The van der Waals surface area contributed by atoms with Crippen LogP contribution < -0.4 is 11.1 Å². The predicted octanol–water partition coefficient (Wildman–Crippen LogP) is 2.29. The van der Waals surface area contributed by atoms with Crippen molar-refractivity contribution in [3.05, 3.63) is 42.7 Å². The van der Waals surface area contributed by atoms with Crippen molar-refractivity contribution in [2.75, 3.05) is 11.1 Å². The van der Waals surface area contributed by atoms with Crippen molar-refractivity contribution in [1.29, 1.82) is 0 Å². The van der Waals surface area contributed by atoms with E-state index in [-0.39, 0.29) is 0 Å². The Bertz CT molecular complexity index is 701. The van der Waals surface area contributed by atoms with Crippen LogP contribution in [0.5, 0.6) is 0 Å². The van der Waals surface area contributed by atoms with Gasteiger partial charge in [-0.1, -0.05) is 6.07 Å². The second kappa shape index (κ2) is 4.03. The quantitative estimate of drug-likeness (QED) is 0.720. The van der Waals surface area contributed by atoms with Gasteiger partial charge in [-0.2, -0.15) is 5.10 Å². The Morgan fingerprint density at radius 1 is 1.28 bits per heavy atom. The van der Waals surface area contributed by atoms with Crippen LogP contribution in [0.25, 0.3) is 10.9 Å². The highest BCUT2D eigenvalue weighted by Crippen LogP contribution is 2.23. The van der Waals surface area contributed by atoms with Crippen molar-refractivity contribution in [3.8, 4) is 0 Å². The number of pyridine rings is 1. The molecule has 0 saturated carbocycles. The van der Waals surface area contributed by atoms with Crippen LogP contribution in [0.3, 0.4) is 0 Å². The first kappa shape index (κ1) is 10.6. The van der Waals surface area contributed by atoms with Crippen molar-refractivity contribution in [2.24, 2.45) is 7.05 Å². The number of hydrogen-bond donors (Lipinski definition) is 2. The fourth-order valence-electron chi connectivity index (χ4n) is 1.89. The van der Waals surface area contributed by atoms with E-state index in [0.717, 1.165) is 16.6 Å². The topological polar surface area (TPSA) is 68.8 Å². The summed E-state index contributed by atoms with van der Waals surface area (Å²) in [4.78, 5) is 4.28. The van der Waals surface area contributed by atoms with Crippen molar-refractivity contribution in [3.63, 3.8) is 0 Å². The lowest BCUT2D eigenvalue weighted by atomic mass is 10.2. The second-order valence-electron chi connectivity index (χ2n) is 4.14. The molecule has 3 N–H and O–H groups in total. The van der Waals surface area contributed by atoms with Gasteiger partial charge in [0, 0.05) is 30.5 Å². The molecule has 0 unspecified atom stereocenters. The summed E-state index contributed by atoms with van der Waals surface area (Å²) in [5.74, 6) is 0.667. The zero-order valence-electron chi connectivity index (χ0n) is 9.96. The maximum absolute atomic E-state index is 5.84. The number of aromatic nitrogens is 3. The maximum atomic E-state index is 5.84. The van der Waals surface area contributed by atoms with Crippen molar-refractivity contribution >= 4 is 28.1 Å². The molecule has 0 radical (unpaired) electrons. The van der Waals surface area contributed by atoms with Gasteiger partial charge in [-0.05, 0) is 24.3 Å². The Labute approximate surface area is 104 Å². The summed E-state index contributed by atoms with van der Waals surface area (Å²) in [6, 6.07) is 9.90. The number of rotatable bonds is 2. The van der Waals surface area contributed by atoms with E-state index in [9.17, 15) is 0 Å². The molecule has 5 nitrogen and oxygen atoms in total. The SMILES string of the molecule is Cn1cc(N)c(Nc2ccc3ncccc3c2)n1. The number of nitrogen functional groups attached to an aromatic ring is 1. The molecule has 0 spiro atoms. The lowest BCUT2D eigenvalue weighted by Crippen LogP contribution is -1.95. The van der Waals surface area contributed by atoms with Gasteiger partial charge in [0.1, 0.15) is 0 Å². The molecular weight excluding hydrogens is 226 g/mol. The van der Waals surface area contributed by atoms with E-state index < -0.39 is 0 Å². The van der Waals surface area contributed by atoms with E-state index in [2.05, 4.69) is 15.4 Å². The average molecular weight is 239 g/mol. The van der Waals surface area contributed by atoms with Crippen LogP contribution in [0.15, 0.2) is 42.7 Å². The third-order valence-electron chi connectivity index (χ3n) is 2.72. The number of aryl methyl sites for hydroxylation is 1. The van der Waals surface area contributed by atoms with Crippen LogP contribution in [0.1, 0.15) is 0 Å². The standard InChI is InChI=1S/C13H13N5/c1-18-8-11(14)13(17-18)16-10-4-5-12-9(7-10)3-2-6-15-12/h2-8H,14H2,1H3,(H,16,17). The number of anilines is 3. The molecule has 0 aliphatic rings. The molecule has 90 valence electrons. The zero-order valence-corrected chi connectivity index (χ0v) is 9.96. The lowest BCUT2D eigenvalue weighted by Gasteiger charge is -2.05. The second-order valence-corrected chi connectivity index (χ2v) is 4.14.